The summed E-state index contributed by atoms with van der Waals surface area (Å²) in [5.41, 5.74) is 0. The third-order valence-electron chi connectivity index (χ3n) is 6.31. The number of hydrogen-bond donors (Lipinski definition) is 2. The quantitative estimate of drug-likeness (QED) is 0.751. The van der Waals surface area contributed by atoms with Crippen molar-refractivity contribution in [2.24, 2.45) is 5.92 Å². The molecule has 1 saturated carbocycles. The first kappa shape index (κ1) is 18.7. The SMILES string of the molecule is C#CCN1CCC(C(=O)NC2CCN(C3CCCCC3O)CC2)CC1. The molecule has 0 aromatic rings. The molecule has 0 aromatic heterocycles. The van der Waals surface area contributed by atoms with Crippen molar-refractivity contribution >= 4 is 5.91 Å². The van der Waals surface area contributed by atoms with Gasteiger partial charge in [0.15, 0.2) is 0 Å². The molecule has 0 radical (unpaired) electrons. The average Bonchev–Trinajstić information content (AvgIpc) is 2.64. The van der Waals surface area contributed by atoms with E-state index in [1.54, 1.807) is 0 Å². The van der Waals surface area contributed by atoms with E-state index in [0.717, 1.165) is 71.1 Å². The lowest BCUT2D eigenvalue weighted by Crippen LogP contribution is -2.53. The Morgan fingerprint density at radius 1 is 1.04 bits per heavy atom. The second-order valence-corrected chi connectivity index (χ2v) is 7.99. The van der Waals surface area contributed by atoms with Crippen molar-refractivity contribution in [1.82, 2.24) is 15.1 Å². The van der Waals surface area contributed by atoms with Gasteiger partial charge in [0.25, 0.3) is 0 Å². The molecule has 0 bridgehead atoms. The summed E-state index contributed by atoms with van der Waals surface area (Å²) < 4.78 is 0. The Balaban J connectivity index is 1.39. The van der Waals surface area contributed by atoms with Gasteiger partial charge in [-0.25, -0.2) is 0 Å². The first-order chi connectivity index (χ1) is 12.2. The second-order valence-electron chi connectivity index (χ2n) is 7.99. The van der Waals surface area contributed by atoms with E-state index in [9.17, 15) is 9.90 Å². The van der Waals surface area contributed by atoms with Crippen molar-refractivity contribution in [2.75, 3.05) is 32.7 Å². The number of carbonyl (C=O) groups excluding carboxylic acids is 1. The molecule has 2 N–H and O–H groups in total. The number of piperidine rings is 2. The van der Waals surface area contributed by atoms with Crippen molar-refractivity contribution in [2.45, 2.75) is 69.6 Å². The van der Waals surface area contributed by atoms with E-state index < -0.39 is 0 Å². The van der Waals surface area contributed by atoms with Gasteiger partial charge in [0.1, 0.15) is 0 Å². The number of hydrogen-bond acceptors (Lipinski definition) is 4. The predicted octanol–water partition coefficient (Wildman–Crippen LogP) is 1.22. The zero-order chi connectivity index (χ0) is 17.6. The third kappa shape index (κ3) is 4.97. The van der Waals surface area contributed by atoms with E-state index in [4.69, 9.17) is 6.42 Å². The fourth-order valence-corrected chi connectivity index (χ4v) is 4.69. The summed E-state index contributed by atoms with van der Waals surface area (Å²) in [7, 11) is 0. The molecule has 5 nitrogen and oxygen atoms in total. The average molecular weight is 348 g/mol. The molecular formula is C20H33N3O2. The van der Waals surface area contributed by atoms with Crippen molar-refractivity contribution in [1.29, 1.82) is 0 Å². The highest BCUT2D eigenvalue weighted by molar-refractivity contribution is 5.79. The minimum atomic E-state index is -0.159. The largest absolute Gasteiger partial charge is 0.391 e. The maximum absolute atomic E-state index is 12.5. The van der Waals surface area contributed by atoms with Crippen LogP contribution in [0.1, 0.15) is 51.4 Å². The zero-order valence-electron chi connectivity index (χ0n) is 15.3. The standard InChI is InChI=1S/C20H33N3O2/c1-2-11-22-12-7-16(8-13-22)20(25)21-17-9-14-23(15-10-17)18-5-3-4-6-19(18)24/h1,16-19,24H,3-15H2,(H,21,25). The Labute approximate surface area is 152 Å². The summed E-state index contributed by atoms with van der Waals surface area (Å²) >= 11 is 0. The number of rotatable bonds is 4. The molecule has 2 unspecified atom stereocenters. The summed E-state index contributed by atoms with van der Waals surface area (Å²) in [6.07, 6.45) is 13.5. The van der Waals surface area contributed by atoms with Crippen LogP contribution in [0.15, 0.2) is 0 Å². The van der Waals surface area contributed by atoms with Crippen LogP contribution in [-0.4, -0.2) is 71.7 Å². The third-order valence-corrected chi connectivity index (χ3v) is 6.31. The second kappa shape index (κ2) is 9.02. The van der Waals surface area contributed by atoms with Gasteiger partial charge in [0, 0.05) is 31.1 Å². The van der Waals surface area contributed by atoms with E-state index in [-0.39, 0.29) is 17.9 Å². The van der Waals surface area contributed by atoms with Gasteiger partial charge in [-0.3, -0.25) is 14.6 Å². The molecular weight excluding hydrogens is 314 g/mol. The Kier molecular flexibility index (Phi) is 6.75. The van der Waals surface area contributed by atoms with Crippen LogP contribution in [0.5, 0.6) is 0 Å². The van der Waals surface area contributed by atoms with Gasteiger partial charge in [0.05, 0.1) is 12.6 Å². The molecule has 0 spiro atoms. The molecule has 3 fully saturated rings. The highest BCUT2D eigenvalue weighted by atomic mass is 16.3. The van der Waals surface area contributed by atoms with Crippen LogP contribution in [0.3, 0.4) is 0 Å². The Morgan fingerprint density at radius 3 is 2.36 bits per heavy atom. The van der Waals surface area contributed by atoms with Gasteiger partial charge in [-0.2, -0.15) is 0 Å². The Morgan fingerprint density at radius 2 is 1.72 bits per heavy atom. The van der Waals surface area contributed by atoms with E-state index in [2.05, 4.69) is 21.0 Å². The first-order valence-corrected chi connectivity index (χ1v) is 10.1. The number of amides is 1. The molecule has 2 saturated heterocycles. The van der Waals surface area contributed by atoms with Crippen LogP contribution in [0.4, 0.5) is 0 Å². The molecule has 2 aliphatic heterocycles. The molecule has 0 aromatic carbocycles. The number of aliphatic hydroxyl groups excluding tert-OH is 1. The maximum Gasteiger partial charge on any atom is 0.223 e. The van der Waals surface area contributed by atoms with Gasteiger partial charge in [0.2, 0.25) is 5.91 Å². The number of nitrogens with zero attached hydrogens (tertiary/aromatic N) is 2. The minimum Gasteiger partial charge on any atom is -0.391 e. The molecule has 2 heterocycles. The van der Waals surface area contributed by atoms with Gasteiger partial charge >= 0.3 is 0 Å². The number of aliphatic hydroxyl groups is 1. The van der Waals surface area contributed by atoms with Gasteiger partial charge < -0.3 is 10.4 Å². The monoisotopic (exact) mass is 347 g/mol. The van der Waals surface area contributed by atoms with Gasteiger partial charge in [-0.05, 0) is 51.6 Å². The first-order valence-electron chi connectivity index (χ1n) is 10.1. The highest BCUT2D eigenvalue weighted by Crippen LogP contribution is 2.26. The van der Waals surface area contributed by atoms with Crippen LogP contribution in [0, 0.1) is 18.3 Å². The molecule has 3 aliphatic rings. The topological polar surface area (TPSA) is 55.8 Å². The zero-order valence-corrected chi connectivity index (χ0v) is 15.3. The van der Waals surface area contributed by atoms with Crippen LogP contribution < -0.4 is 5.32 Å². The lowest BCUT2D eigenvalue weighted by atomic mass is 9.89. The Bertz CT molecular complexity index is 474. The number of carbonyl (C=O) groups is 1. The lowest BCUT2D eigenvalue weighted by molar-refractivity contribution is -0.127. The van der Waals surface area contributed by atoms with Crippen molar-refractivity contribution < 1.29 is 9.90 Å². The van der Waals surface area contributed by atoms with Gasteiger partial charge in [-0.1, -0.05) is 18.8 Å². The van der Waals surface area contributed by atoms with E-state index in [0.29, 0.717) is 18.6 Å². The van der Waals surface area contributed by atoms with Crippen LogP contribution in [-0.2, 0) is 4.79 Å². The molecule has 3 rings (SSSR count). The predicted molar refractivity (Wildman–Crippen MR) is 99.0 cm³/mol. The summed E-state index contributed by atoms with van der Waals surface area (Å²) in [6.45, 7) is 4.54. The smallest absolute Gasteiger partial charge is 0.223 e. The fourth-order valence-electron chi connectivity index (χ4n) is 4.69. The van der Waals surface area contributed by atoms with Gasteiger partial charge in [-0.15, -0.1) is 6.42 Å². The van der Waals surface area contributed by atoms with E-state index in [1.807, 2.05) is 0 Å². The normalized spacial score (nSPS) is 30.7. The summed E-state index contributed by atoms with van der Waals surface area (Å²) in [4.78, 5) is 17.2. The van der Waals surface area contributed by atoms with E-state index in [1.165, 1.54) is 6.42 Å². The Hall–Kier alpha value is -1.09. The molecule has 25 heavy (non-hydrogen) atoms. The molecule has 1 amide bonds. The fraction of sp³-hybridized carbons (Fsp3) is 0.850. The highest BCUT2D eigenvalue weighted by Gasteiger charge is 2.32. The summed E-state index contributed by atoms with van der Waals surface area (Å²) in [5, 5.41) is 13.5. The van der Waals surface area contributed by atoms with Crippen LogP contribution in [0.25, 0.3) is 0 Å². The minimum absolute atomic E-state index is 0.146. The molecule has 140 valence electrons. The van der Waals surface area contributed by atoms with Crippen molar-refractivity contribution in [3.8, 4) is 12.3 Å². The summed E-state index contributed by atoms with van der Waals surface area (Å²) in [6, 6.07) is 0.638. The molecule has 5 heteroatoms. The molecule has 2 atom stereocenters. The lowest BCUT2D eigenvalue weighted by Gasteiger charge is -2.42. The van der Waals surface area contributed by atoms with E-state index >= 15 is 0 Å². The number of likely N-dealkylation sites (tertiary alicyclic amines) is 2. The summed E-state index contributed by atoms with van der Waals surface area (Å²) in [5.74, 6) is 3.06. The number of nitrogens with one attached hydrogen (secondary N) is 1. The van der Waals surface area contributed by atoms with Crippen molar-refractivity contribution in [3.63, 3.8) is 0 Å². The van der Waals surface area contributed by atoms with Crippen LogP contribution in [0.2, 0.25) is 0 Å². The van der Waals surface area contributed by atoms with Crippen LogP contribution >= 0.6 is 0 Å². The van der Waals surface area contributed by atoms with Crippen molar-refractivity contribution in [3.05, 3.63) is 0 Å². The number of terminal acetylenes is 1. The molecule has 1 aliphatic carbocycles. The maximum atomic E-state index is 12.5.